The molecular weight excluding hydrogens is 400 g/mol. The van der Waals surface area contributed by atoms with E-state index in [9.17, 15) is 19.2 Å². The fourth-order valence-electron chi connectivity index (χ4n) is 2.93. The monoisotopic (exact) mass is 422 g/mol. The average molecular weight is 422 g/mol. The molecule has 9 nitrogen and oxygen atoms in total. The quantitative estimate of drug-likeness (QED) is 0.562. The summed E-state index contributed by atoms with van der Waals surface area (Å²) in [6.07, 6.45) is 0.653. The van der Waals surface area contributed by atoms with E-state index in [1.54, 1.807) is 24.3 Å². The van der Waals surface area contributed by atoms with E-state index in [2.05, 4.69) is 15.7 Å². The van der Waals surface area contributed by atoms with Gasteiger partial charge in [0.25, 0.3) is 11.5 Å². The maximum Gasteiger partial charge on any atom is 0.359 e. The summed E-state index contributed by atoms with van der Waals surface area (Å²) < 4.78 is 6.23. The fraction of sp³-hybridized carbons (Fsp3) is 0.227. The van der Waals surface area contributed by atoms with Crippen LogP contribution in [-0.2, 0) is 22.6 Å². The Morgan fingerprint density at radius 3 is 2.39 bits per heavy atom. The minimum absolute atomic E-state index is 0.0648. The van der Waals surface area contributed by atoms with Crippen molar-refractivity contribution in [1.82, 2.24) is 20.4 Å². The van der Waals surface area contributed by atoms with Crippen LogP contribution in [0.25, 0.3) is 10.8 Å². The fourth-order valence-corrected chi connectivity index (χ4v) is 2.93. The van der Waals surface area contributed by atoms with Crippen LogP contribution in [0.3, 0.4) is 0 Å². The van der Waals surface area contributed by atoms with Gasteiger partial charge >= 0.3 is 12.0 Å². The molecule has 160 valence electrons. The number of amides is 3. The number of imide groups is 1. The highest BCUT2D eigenvalue weighted by Crippen LogP contribution is 2.14. The molecule has 1 aromatic heterocycles. The number of rotatable bonds is 7. The highest BCUT2D eigenvalue weighted by atomic mass is 16.5. The van der Waals surface area contributed by atoms with Gasteiger partial charge in [0.05, 0.1) is 5.39 Å². The van der Waals surface area contributed by atoms with Gasteiger partial charge in [0.2, 0.25) is 0 Å². The highest BCUT2D eigenvalue weighted by Gasteiger charge is 2.19. The second kappa shape index (κ2) is 10.1. The molecule has 3 rings (SSSR count). The number of aryl methyl sites for hydroxylation is 1. The van der Waals surface area contributed by atoms with Crippen molar-refractivity contribution >= 4 is 28.7 Å². The Kier molecular flexibility index (Phi) is 7.10. The predicted octanol–water partition coefficient (Wildman–Crippen LogP) is 1.99. The van der Waals surface area contributed by atoms with E-state index in [0.717, 1.165) is 5.56 Å². The number of fused-ring (bicyclic) bond motifs is 1. The van der Waals surface area contributed by atoms with Crippen molar-refractivity contribution < 1.29 is 19.1 Å². The lowest BCUT2D eigenvalue weighted by atomic mass is 10.1. The normalized spacial score (nSPS) is 10.5. The number of esters is 1. The Hall–Kier alpha value is -4.01. The lowest BCUT2D eigenvalue weighted by Crippen LogP contribution is -2.41. The molecule has 0 radical (unpaired) electrons. The molecule has 3 aromatic rings. The van der Waals surface area contributed by atoms with Gasteiger partial charge in [0.15, 0.2) is 12.3 Å². The van der Waals surface area contributed by atoms with Gasteiger partial charge < -0.3 is 10.1 Å². The van der Waals surface area contributed by atoms with Crippen molar-refractivity contribution in [3.8, 4) is 0 Å². The zero-order chi connectivity index (χ0) is 22.2. The van der Waals surface area contributed by atoms with Crippen LogP contribution in [0.5, 0.6) is 0 Å². The minimum atomic E-state index is -0.860. The summed E-state index contributed by atoms with van der Waals surface area (Å²) in [6.45, 7) is 1.80. The molecule has 0 aliphatic carbocycles. The van der Waals surface area contributed by atoms with Crippen LogP contribution in [0.15, 0.2) is 59.4 Å². The number of nitrogens with one attached hydrogen (secondary N) is 2. The maximum absolute atomic E-state index is 12.5. The molecule has 9 heteroatoms. The summed E-state index contributed by atoms with van der Waals surface area (Å²) in [5.74, 6) is -1.65. The first-order chi connectivity index (χ1) is 15.0. The number of benzene rings is 2. The van der Waals surface area contributed by atoms with Crippen molar-refractivity contribution in [2.75, 3.05) is 6.61 Å². The van der Waals surface area contributed by atoms with E-state index in [-0.39, 0.29) is 17.8 Å². The van der Waals surface area contributed by atoms with Gasteiger partial charge in [-0.3, -0.25) is 14.9 Å². The van der Waals surface area contributed by atoms with Gasteiger partial charge in [-0.25, -0.2) is 14.3 Å². The first kappa shape index (κ1) is 21.7. The van der Waals surface area contributed by atoms with Crippen LogP contribution in [0.4, 0.5) is 4.79 Å². The molecule has 1 heterocycles. The number of urea groups is 1. The zero-order valence-electron chi connectivity index (χ0n) is 17.0. The molecule has 31 heavy (non-hydrogen) atoms. The lowest BCUT2D eigenvalue weighted by molar-refractivity contribution is -0.123. The van der Waals surface area contributed by atoms with Crippen LogP contribution in [-0.4, -0.2) is 34.3 Å². The van der Waals surface area contributed by atoms with Crippen molar-refractivity contribution in [1.29, 1.82) is 0 Å². The van der Waals surface area contributed by atoms with E-state index < -0.39 is 24.5 Å². The largest absolute Gasteiger partial charge is 0.451 e. The second-order valence-corrected chi connectivity index (χ2v) is 6.72. The van der Waals surface area contributed by atoms with Crippen LogP contribution in [0.1, 0.15) is 29.4 Å². The van der Waals surface area contributed by atoms with Crippen molar-refractivity contribution in [2.45, 2.75) is 26.4 Å². The average Bonchev–Trinajstić information content (AvgIpc) is 2.79. The number of hydrogen-bond donors (Lipinski definition) is 2. The number of carbonyl (C=O) groups excluding carboxylic acids is 3. The molecule has 2 aromatic carbocycles. The minimum Gasteiger partial charge on any atom is -0.451 e. The second-order valence-electron chi connectivity index (χ2n) is 6.72. The molecule has 0 saturated carbocycles. The Bertz CT molecular complexity index is 1160. The molecule has 0 fully saturated rings. The van der Waals surface area contributed by atoms with Crippen LogP contribution >= 0.6 is 0 Å². The summed E-state index contributed by atoms with van der Waals surface area (Å²) in [5, 5.41) is 9.42. The standard InChI is InChI=1S/C22H22N4O5/c1-2-12-26-20(28)17-11-7-6-10-16(17)19(25-26)21(29)31-14-18(27)24-22(30)23-13-15-8-4-3-5-9-15/h3-11H,2,12-14H2,1H3,(H2,23,24,27,30). The number of aromatic nitrogens is 2. The summed E-state index contributed by atoms with van der Waals surface area (Å²) in [4.78, 5) is 48.8. The van der Waals surface area contributed by atoms with Crippen LogP contribution in [0, 0.1) is 0 Å². The van der Waals surface area contributed by atoms with E-state index in [1.807, 2.05) is 37.3 Å². The molecule has 0 saturated heterocycles. The molecule has 0 atom stereocenters. The smallest absolute Gasteiger partial charge is 0.359 e. The Labute approximate surface area is 178 Å². The third kappa shape index (κ3) is 5.53. The Morgan fingerprint density at radius 2 is 1.68 bits per heavy atom. The van der Waals surface area contributed by atoms with Gasteiger partial charge in [0, 0.05) is 18.5 Å². The third-order valence-corrected chi connectivity index (χ3v) is 4.38. The van der Waals surface area contributed by atoms with Gasteiger partial charge in [-0.2, -0.15) is 5.10 Å². The summed E-state index contributed by atoms with van der Waals surface area (Å²) >= 11 is 0. The SMILES string of the molecule is CCCn1nc(C(=O)OCC(=O)NC(=O)NCc2ccccc2)c2ccccc2c1=O. The number of ether oxygens (including phenoxy) is 1. The predicted molar refractivity (Wildman–Crippen MR) is 113 cm³/mol. The molecule has 0 aliphatic rings. The molecule has 0 bridgehead atoms. The molecule has 2 N–H and O–H groups in total. The van der Waals surface area contributed by atoms with Crippen molar-refractivity contribution in [2.24, 2.45) is 0 Å². The zero-order valence-corrected chi connectivity index (χ0v) is 17.0. The molecule has 3 amide bonds. The van der Waals surface area contributed by atoms with Crippen molar-refractivity contribution in [3.63, 3.8) is 0 Å². The topological polar surface area (TPSA) is 119 Å². The Morgan fingerprint density at radius 1 is 1.00 bits per heavy atom. The van der Waals surface area contributed by atoms with Gasteiger partial charge in [0.1, 0.15) is 0 Å². The summed E-state index contributed by atoms with van der Waals surface area (Å²) in [7, 11) is 0. The molecule has 0 spiro atoms. The molecular formula is C22H22N4O5. The summed E-state index contributed by atoms with van der Waals surface area (Å²) in [5.41, 5.74) is 0.503. The summed E-state index contributed by atoms with van der Waals surface area (Å²) in [6, 6.07) is 15.0. The van der Waals surface area contributed by atoms with Gasteiger partial charge in [-0.15, -0.1) is 0 Å². The molecule has 0 aliphatic heterocycles. The van der Waals surface area contributed by atoms with Gasteiger partial charge in [-0.05, 0) is 18.1 Å². The maximum atomic E-state index is 12.5. The van der Waals surface area contributed by atoms with E-state index in [1.165, 1.54) is 4.68 Å². The first-order valence-electron chi connectivity index (χ1n) is 9.78. The van der Waals surface area contributed by atoms with E-state index in [4.69, 9.17) is 4.74 Å². The third-order valence-electron chi connectivity index (χ3n) is 4.38. The van der Waals surface area contributed by atoms with E-state index >= 15 is 0 Å². The van der Waals surface area contributed by atoms with Gasteiger partial charge in [-0.1, -0.05) is 55.5 Å². The van der Waals surface area contributed by atoms with Crippen molar-refractivity contribution in [3.05, 3.63) is 76.2 Å². The number of carbonyl (C=O) groups is 3. The first-order valence-corrected chi connectivity index (χ1v) is 9.78. The molecule has 0 unspecified atom stereocenters. The highest BCUT2D eigenvalue weighted by molar-refractivity contribution is 6.03. The Balaban J connectivity index is 1.62. The van der Waals surface area contributed by atoms with E-state index in [0.29, 0.717) is 23.7 Å². The number of nitrogens with zero attached hydrogens (tertiary/aromatic N) is 2. The number of hydrogen-bond acceptors (Lipinski definition) is 6. The lowest BCUT2D eigenvalue weighted by Gasteiger charge is -2.10. The van der Waals surface area contributed by atoms with Crippen LogP contribution in [0.2, 0.25) is 0 Å². The van der Waals surface area contributed by atoms with Crippen LogP contribution < -0.4 is 16.2 Å².